The Morgan fingerprint density at radius 3 is 1.75 bits per heavy atom. The van der Waals surface area contributed by atoms with Gasteiger partial charge in [0.25, 0.3) is 0 Å². The second-order valence-electron chi connectivity index (χ2n) is 10.5. The van der Waals surface area contributed by atoms with Crippen molar-refractivity contribution in [2.75, 3.05) is 23.0 Å². The first kappa shape index (κ1) is 33.0. The summed E-state index contributed by atoms with van der Waals surface area (Å²) in [6.45, 7) is 4.25. The first-order valence-corrected chi connectivity index (χ1v) is 15.4. The van der Waals surface area contributed by atoms with E-state index in [2.05, 4.69) is 17.6 Å². The van der Waals surface area contributed by atoms with Crippen molar-refractivity contribution in [1.29, 1.82) is 0 Å². The zero-order chi connectivity index (χ0) is 28.8. The first-order valence-electron chi connectivity index (χ1n) is 15.4. The lowest BCUT2D eigenvalue weighted by atomic mass is 10.0. The minimum Gasteiger partial charge on any atom is -0.434 e. The number of anilines is 4. The van der Waals surface area contributed by atoms with Gasteiger partial charge in [0.15, 0.2) is 0 Å². The molecule has 0 radical (unpaired) electrons. The number of carbonyl (C=O) groups is 2. The Labute approximate surface area is 241 Å². The molecule has 0 heterocycles. The number of rotatable bonds is 21. The van der Waals surface area contributed by atoms with E-state index < -0.39 is 6.16 Å². The van der Waals surface area contributed by atoms with E-state index in [4.69, 9.17) is 15.2 Å². The maximum atomic E-state index is 12.4. The number of unbranched alkanes of at least 4 members (excludes halogenated alkanes) is 14. The maximum absolute atomic E-state index is 12.4. The zero-order valence-electron chi connectivity index (χ0n) is 24.8. The normalized spacial score (nSPS) is 10.8. The highest BCUT2D eigenvalue weighted by atomic mass is 16.7. The van der Waals surface area contributed by atoms with E-state index in [1.807, 2.05) is 12.1 Å². The number of ether oxygens (including phenoxy) is 2. The molecule has 2 rings (SSSR count). The van der Waals surface area contributed by atoms with Crippen molar-refractivity contribution in [3.8, 4) is 5.75 Å². The van der Waals surface area contributed by atoms with E-state index in [0.717, 1.165) is 24.2 Å². The van der Waals surface area contributed by atoms with Gasteiger partial charge in [0.2, 0.25) is 5.91 Å². The molecule has 2 aromatic carbocycles. The predicted octanol–water partition coefficient (Wildman–Crippen LogP) is 9.75. The van der Waals surface area contributed by atoms with E-state index in [0.29, 0.717) is 23.5 Å². The minimum atomic E-state index is -0.732. The van der Waals surface area contributed by atoms with Crippen LogP contribution in [0.2, 0.25) is 0 Å². The third-order valence-corrected chi connectivity index (χ3v) is 6.94. The van der Waals surface area contributed by atoms with Crippen LogP contribution in [0.15, 0.2) is 42.5 Å². The highest BCUT2D eigenvalue weighted by Gasteiger charge is 2.08. The smallest absolute Gasteiger partial charge is 0.434 e. The fourth-order valence-electron chi connectivity index (χ4n) is 4.64. The molecule has 0 fully saturated rings. The molecule has 0 saturated carbocycles. The maximum Gasteiger partial charge on any atom is 0.513 e. The van der Waals surface area contributed by atoms with Crippen LogP contribution in [0.5, 0.6) is 5.75 Å². The van der Waals surface area contributed by atoms with Gasteiger partial charge in [0.05, 0.1) is 18.0 Å². The Bertz CT molecular complexity index is 978. The van der Waals surface area contributed by atoms with Gasteiger partial charge < -0.3 is 25.8 Å². The third-order valence-electron chi connectivity index (χ3n) is 6.94. The summed E-state index contributed by atoms with van der Waals surface area (Å²) in [4.78, 5) is 23.8. The van der Waals surface area contributed by atoms with Crippen molar-refractivity contribution in [2.24, 2.45) is 0 Å². The van der Waals surface area contributed by atoms with Crippen molar-refractivity contribution in [2.45, 2.75) is 117 Å². The Balaban J connectivity index is 1.54. The van der Waals surface area contributed by atoms with Crippen LogP contribution in [0.4, 0.5) is 27.5 Å². The van der Waals surface area contributed by atoms with Crippen molar-refractivity contribution < 1.29 is 19.1 Å². The van der Waals surface area contributed by atoms with E-state index in [-0.39, 0.29) is 12.5 Å². The van der Waals surface area contributed by atoms with Crippen molar-refractivity contribution in [1.82, 2.24) is 0 Å². The number of nitrogens with two attached hydrogens (primary N) is 1. The Morgan fingerprint density at radius 2 is 1.23 bits per heavy atom. The highest BCUT2D eigenvalue weighted by molar-refractivity contribution is 5.92. The topological polar surface area (TPSA) is 103 Å². The van der Waals surface area contributed by atoms with Gasteiger partial charge in [-0.2, -0.15) is 0 Å². The summed E-state index contributed by atoms with van der Waals surface area (Å²) in [5.74, 6) is 0.413. The Morgan fingerprint density at radius 1 is 0.700 bits per heavy atom. The highest BCUT2D eigenvalue weighted by Crippen LogP contribution is 2.27. The number of nitrogen functional groups attached to an aromatic ring is 1. The van der Waals surface area contributed by atoms with Crippen LogP contribution >= 0.6 is 0 Å². The molecule has 0 unspecified atom stereocenters. The van der Waals surface area contributed by atoms with Crippen LogP contribution in [0.25, 0.3) is 0 Å². The predicted molar refractivity (Wildman–Crippen MR) is 166 cm³/mol. The Kier molecular flexibility index (Phi) is 17.0. The summed E-state index contributed by atoms with van der Waals surface area (Å²) in [6.07, 6.45) is 19.5. The molecule has 222 valence electrons. The average Bonchev–Trinajstić information content (AvgIpc) is 2.93. The summed E-state index contributed by atoms with van der Waals surface area (Å²) in [6, 6.07) is 12.3. The number of hydrogen-bond donors (Lipinski definition) is 3. The zero-order valence-corrected chi connectivity index (χ0v) is 24.8. The molecule has 0 bridgehead atoms. The molecule has 0 aliphatic heterocycles. The van der Waals surface area contributed by atoms with Crippen LogP contribution in [-0.4, -0.2) is 18.7 Å². The number of nitrogens with one attached hydrogen (secondary N) is 2. The van der Waals surface area contributed by atoms with E-state index >= 15 is 0 Å². The van der Waals surface area contributed by atoms with Crippen LogP contribution in [0.1, 0.15) is 117 Å². The minimum absolute atomic E-state index is 0.0204. The summed E-state index contributed by atoms with van der Waals surface area (Å²) in [5.41, 5.74) is 8.93. The molecule has 0 spiro atoms. The summed E-state index contributed by atoms with van der Waals surface area (Å²) in [7, 11) is 0. The lowest BCUT2D eigenvalue weighted by molar-refractivity contribution is -0.116. The van der Waals surface area contributed by atoms with Crippen LogP contribution < -0.4 is 21.1 Å². The standard InChI is InChI=1S/C33H51N3O4/c1-3-5-6-7-8-9-10-11-12-13-14-15-16-17-18-19-32(37)36-28-22-25-31(30(34)26-28)35-27-20-23-29(24-21-27)40-33(38)39-4-2/h20-26,35H,3-19,34H2,1-2H3,(H,36,37). The number of amides is 1. The molecule has 0 aliphatic carbocycles. The third kappa shape index (κ3) is 14.8. The molecule has 0 aliphatic rings. The van der Waals surface area contributed by atoms with E-state index in [9.17, 15) is 9.59 Å². The lowest BCUT2D eigenvalue weighted by Gasteiger charge is -2.12. The molecule has 2 aromatic rings. The SMILES string of the molecule is CCCCCCCCCCCCCCCCCC(=O)Nc1ccc(Nc2ccc(OC(=O)OCC)cc2)c(N)c1. The molecule has 0 aromatic heterocycles. The van der Waals surface area contributed by atoms with Crippen LogP contribution in [-0.2, 0) is 9.53 Å². The van der Waals surface area contributed by atoms with Crippen molar-refractivity contribution in [3.63, 3.8) is 0 Å². The molecular weight excluding hydrogens is 502 g/mol. The number of benzene rings is 2. The van der Waals surface area contributed by atoms with Crippen molar-refractivity contribution in [3.05, 3.63) is 42.5 Å². The number of carbonyl (C=O) groups excluding carboxylic acids is 2. The quantitative estimate of drug-likeness (QED) is 0.0615. The molecule has 4 N–H and O–H groups in total. The van der Waals surface area contributed by atoms with Gasteiger partial charge in [-0.1, -0.05) is 96.8 Å². The van der Waals surface area contributed by atoms with Gasteiger partial charge in [0, 0.05) is 17.8 Å². The van der Waals surface area contributed by atoms with Gasteiger partial charge in [0.1, 0.15) is 5.75 Å². The molecule has 0 saturated heterocycles. The summed E-state index contributed by atoms with van der Waals surface area (Å²) < 4.78 is 9.84. The van der Waals surface area contributed by atoms with Crippen LogP contribution in [0.3, 0.4) is 0 Å². The largest absolute Gasteiger partial charge is 0.513 e. The molecule has 7 heteroatoms. The first-order chi connectivity index (χ1) is 19.5. The monoisotopic (exact) mass is 553 g/mol. The molecular formula is C33H51N3O4. The van der Waals surface area contributed by atoms with Crippen LogP contribution in [0, 0.1) is 0 Å². The van der Waals surface area contributed by atoms with Gasteiger partial charge in [-0.15, -0.1) is 0 Å². The lowest BCUT2D eigenvalue weighted by Crippen LogP contribution is -2.11. The molecule has 1 amide bonds. The second-order valence-corrected chi connectivity index (χ2v) is 10.5. The van der Waals surface area contributed by atoms with E-state index in [1.165, 1.54) is 83.5 Å². The fourth-order valence-corrected chi connectivity index (χ4v) is 4.64. The van der Waals surface area contributed by atoms with Gasteiger partial charge in [-0.05, 0) is 55.8 Å². The van der Waals surface area contributed by atoms with Gasteiger partial charge >= 0.3 is 6.16 Å². The van der Waals surface area contributed by atoms with E-state index in [1.54, 1.807) is 37.3 Å². The fraction of sp³-hybridized carbons (Fsp3) is 0.576. The summed E-state index contributed by atoms with van der Waals surface area (Å²) >= 11 is 0. The second kappa shape index (κ2) is 20.7. The van der Waals surface area contributed by atoms with Gasteiger partial charge in [-0.3, -0.25) is 4.79 Å². The molecule has 0 atom stereocenters. The number of hydrogen-bond acceptors (Lipinski definition) is 6. The van der Waals surface area contributed by atoms with Crippen molar-refractivity contribution >= 4 is 34.8 Å². The van der Waals surface area contributed by atoms with Gasteiger partial charge in [-0.25, -0.2) is 4.79 Å². The molecule has 40 heavy (non-hydrogen) atoms. The summed E-state index contributed by atoms with van der Waals surface area (Å²) in [5, 5.41) is 6.18. The molecule has 7 nitrogen and oxygen atoms in total. The average molecular weight is 554 g/mol. The Hall–Kier alpha value is -3.22.